The second-order valence-electron chi connectivity index (χ2n) is 8.51. The number of amides is 1. The molecule has 0 saturated carbocycles. The number of carbonyl (C=O) groups excluding carboxylic acids is 1. The van der Waals surface area contributed by atoms with Gasteiger partial charge in [0.1, 0.15) is 5.75 Å². The van der Waals surface area contributed by atoms with Gasteiger partial charge in [0.05, 0.1) is 21.3 Å². The summed E-state index contributed by atoms with van der Waals surface area (Å²) in [6.45, 7) is 7.98. The van der Waals surface area contributed by atoms with Crippen LogP contribution in [0.2, 0.25) is 0 Å². The van der Waals surface area contributed by atoms with Gasteiger partial charge >= 0.3 is 6.36 Å². The van der Waals surface area contributed by atoms with Crippen LogP contribution in [-0.2, 0) is 7.05 Å². The van der Waals surface area contributed by atoms with E-state index < -0.39 is 6.36 Å². The van der Waals surface area contributed by atoms with Crippen LogP contribution in [0.15, 0.2) is 36.4 Å². The SMILES string of the molecule is CCN(CC)CCCCNC(=O)c1ccc2c(c1)nc(Nc1nc3ccc(OC(F)(F)F)cc3s1)n2C. The molecule has 0 bridgehead atoms. The van der Waals surface area contributed by atoms with Crippen LogP contribution in [0.25, 0.3) is 21.3 Å². The second kappa shape index (κ2) is 11.3. The van der Waals surface area contributed by atoms with Crippen LogP contribution >= 0.6 is 11.3 Å². The van der Waals surface area contributed by atoms with Crippen molar-refractivity contribution >= 4 is 49.6 Å². The maximum Gasteiger partial charge on any atom is 0.573 e. The number of nitrogens with one attached hydrogen (secondary N) is 2. The lowest BCUT2D eigenvalue weighted by Crippen LogP contribution is -2.27. The van der Waals surface area contributed by atoms with Gasteiger partial charge in [0.2, 0.25) is 5.95 Å². The van der Waals surface area contributed by atoms with Crippen molar-refractivity contribution in [3.8, 4) is 5.75 Å². The molecule has 4 aromatic rings. The molecule has 0 radical (unpaired) electrons. The number of benzene rings is 2. The third-order valence-electron chi connectivity index (χ3n) is 6.04. The molecular weight excluding hydrogens is 505 g/mol. The number of ether oxygens (including phenoxy) is 1. The molecule has 8 nitrogen and oxygen atoms in total. The standard InChI is InChI=1S/C25H29F3N6O2S/c1-4-34(5-2)13-7-6-12-29-22(35)16-8-11-20-19(14-16)30-23(33(20)3)32-24-31-18-10-9-17(15-21(18)37-24)36-25(26,27)28/h8-11,14-15H,4-7,12-13H2,1-3H3,(H,29,35)(H,30,31,32). The molecule has 2 aromatic heterocycles. The molecule has 0 aliphatic rings. The summed E-state index contributed by atoms with van der Waals surface area (Å²) in [4.78, 5) is 24.0. The topological polar surface area (TPSA) is 84.3 Å². The zero-order chi connectivity index (χ0) is 26.6. The molecular formula is C25H29F3N6O2S. The molecule has 0 aliphatic carbocycles. The Kier molecular flexibility index (Phi) is 8.18. The Morgan fingerprint density at radius 2 is 1.86 bits per heavy atom. The van der Waals surface area contributed by atoms with Crippen molar-refractivity contribution in [1.29, 1.82) is 0 Å². The van der Waals surface area contributed by atoms with Crippen molar-refractivity contribution in [3.63, 3.8) is 0 Å². The van der Waals surface area contributed by atoms with Crippen LogP contribution in [0.4, 0.5) is 24.3 Å². The zero-order valence-corrected chi connectivity index (χ0v) is 21.7. The molecule has 1 amide bonds. The molecule has 198 valence electrons. The van der Waals surface area contributed by atoms with Crippen molar-refractivity contribution in [2.45, 2.75) is 33.1 Å². The van der Waals surface area contributed by atoms with Gasteiger partial charge in [-0.15, -0.1) is 13.2 Å². The number of thiazole rings is 1. The Bertz CT molecular complexity index is 1380. The lowest BCUT2D eigenvalue weighted by Gasteiger charge is -2.17. The van der Waals surface area contributed by atoms with E-state index in [1.54, 1.807) is 12.1 Å². The molecule has 4 rings (SSSR count). The molecule has 0 saturated heterocycles. The summed E-state index contributed by atoms with van der Waals surface area (Å²) in [7, 11) is 1.83. The number of fused-ring (bicyclic) bond motifs is 2. The van der Waals surface area contributed by atoms with Crippen molar-refractivity contribution in [2.24, 2.45) is 7.05 Å². The number of rotatable bonds is 11. The fourth-order valence-corrected chi connectivity index (χ4v) is 4.90. The van der Waals surface area contributed by atoms with Crippen molar-refractivity contribution in [1.82, 2.24) is 24.8 Å². The summed E-state index contributed by atoms with van der Waals surface area (Å²) in [5, 5.41) is 6.57. The first kappa shape index (κ1) is 26.7. The predicted molar refractivity (Wildman–Crippen MR) is 140 cm³/mol. The zero-order valence-electron chi connectivity index (χ0n) is 20.9. The van der Waals surface area contributed by atoms with Crippen LogP contribution in [0.5, 0.6) is 5.75 Å². The predicted octanol–water partition coefficient (Wildman–Crippen LogP) is 5.68. The summed E-state index contributed by atoms with van der Waals surface area (Å²) in [5.74, 6) is 0.0513. The van der Waals surface area contributed by atoms with Crippen molar-refractivity contribution < 1.29 is 22.7 Å². The van der Waals surface area contributed by atoms with E-state index in [-0.39, 0.29) is 11.7 Å². The van der Waals surface area contributed by atoms with Gasteiger partial charge in [-0.25, -0.2) is 9.97 Å². The van der Waals surface area contributed by atoms with Crippen LogP contribution < -0.4 is 15.4 Å². The smallest absolute Gasteiger partial charge is 0.406 e. The lowest BCUT2D eigenvalue weighted by atomic mass is 10.2. The van der Waals surface area contributed by atoms with E-state index in [0.29, 0.717) is 38.9 Å². The maximum atomic E-state index is 12.6. The number of imidazole rings is 1. The van der Waals surface area contributed by atoms with Crippen LogP contribution in [0, 0.1) is 0 Å². The van der Waals surface area contributed by atoms with Gasteiger partial charge in [-0.3, -0.25) is 4.79 Å². The highest BCUT2D eigenvalue weighted by atomic mass is 32.1. The van der Waals surface area contributed by atoms with Crippen molar-refractivity contribution in [3.05, 3.63) is 42.0 Å². The summed E-state index contributed by atoms with van der Waals surface area (Å²) in [6.07, 6.45) is -2.82. The number of aromatic nitrogens is 3. The van der Waals surface area contributed by atoms with E-state index in [1.807, 2.05) is 17.7 Å². The Balaban J connectivity index is 1.41. The fraction of sp³-hybridized carbons (Fsp3) is 0.400. The number of unbranched alkanes of at least 4 members (excludes halogenated alkanes) is 1. The summed E-state index contributed by atoms with van der Waals surface area (Å²) in [5.41, 5.74) is 2.52. The fourth-order valence-electron chi connectivity index (χ4n) is 4.01. The quantitative estimate of drug-likeness (QED) is 0.241. The molecule has 0 fully saturated rings. The third-order valence-corrected chi connectivity index (χ3v) is 6.97. The highest BCUT2D eigenvalue weighted by molar-refractivity contribution is 7.22. The van der Waals surface area contributed by atoms with E-state index >= 15 is 0 Å². The number of hydrogen-bond acceptors (Lipinski definition) is 7. The van der Waals surface area contributed by atoms with Gasteiger partial charge in [-0.1, -0.05) is 25.2 Å². The van der Waals surface area contributed by atoms with Crippen LogP contribution in [-0.4, -0.2) is 57.9 Å². The summed E-state index contributed by atoms with van der Waals surface area (Å²) >= 11 is 1.19. The monoisotopic (exact) mass is 534 g/mol. The Morgan fingerprint density at radius 1 is 1.08 bits per heavy atom. The number of aryl methyl sites for hydroxylation is 1. The minimum absolute atomic E-state index is 0.145. The first-order chi connectivity index (χ1) is 17.7. The third kappa shape index (κ3) is 6.69. The average Bonchev–Trinajstić information content (AvgIpc) is 3.39. The minimum Gasteiger partial charge on any atom is -0.406 e. The first-order valence-corrected chi connectivity index (χ1v) is 12.9. The minimum atomic E-state index is -4.76. The van der Waals surface area contributed by atoms with Gasteiger partial charge in [0, 0.05) is 25.2 Å². The maximum absolute atomic E-state index is 12.6. The van der Waals surface area contributed by atoms with Gasteiger partial charge in [0.25, 0.3) is 5.91 Å². The van der Waals surface area contributed by atoms with Crippen molar-refractivity contribution in [2.75, 3.05) is 31.5 Å². The second-order valence-corrected chi connectivity index (χ2v) is 9.54. The molecule has 2 N–H and O–H groups in total. The summed E-state index contributed by atoms with van der Waals surface area (Å²) in [6, 6.07) is 9.34. The number of nitrogens with zero attached hydrogens (tertiary/aromatic N) is 4. The first-order valence-electron chi connectivity index (χ1n) is 12.1. The van der Waals surface area contributed by atoms with E-state index in [0.717, 1.165) is 38.0 Å². The van der Waals surface area contributed by atoms with Gasteiger partial charge in [-0.05, 0) is 62.8 Å². The molecule has 0 spiro atoms. The average molecular weight is 535 g/mol. The molecule has 2 heterocycles. The molecule has 0 atom stereocenters. The highest BCUT2D eigenvalue weighted by Crippen LogP contribution is 2.33. The Hall–Kier alpha value is -3.38. The molecule has 12 heteroatoms. The van der Waals surface area contributed by atoms with E-state index in [2.05, 4.69) is 44.1 Å². The molecule has 0 aliphatic heterocycles. The number of anilines is 2. The number of alkyl halides is 3. The largest absolute Gasteiger partial charge is 0.573 e. The number of carbonyl (C=O) groups is 1. The lowest BCUT2D eigenvalue weighted by molar-refractivity contribution is -0.274. The van der Waals surface area contributed by atoms with Gasteiger partial charge < -0.3 is 24.8 Å². The summed E-state index contributed by atoms with van der Waals surface area (Å²) < 4.78 is 43.9. The normalized spacial score (nSPS) is 12.0. The van der Waals surface area contributed by atoms with Gasteiger partial charge in [0.15, 0.2) is 5.13 Å². The number of hydrogen-bond donors (Lipinski definition) is 2. The highest BCUT2D eigenvalue weighted by Gasteiger charge is 2.31. The molecule has 0 unspecified atom stereocenters. The molecule has 37 heavy (non-hydrogen) atoms. The van der Waals surface area contributed by atoms with Crippen LogP contribution in [0.1, 0.15) is 37.0 Å². The van der Waals surface area contributed by atoms with Crippen LogP contribution in [0.3, 0.4) is 0 Å². The van der Waals surface area contributed by atoms with Gasteiger partial charge in [-0.2, -0.15) is 0 Å². The number of halogens is 3. The van der Waals surface area contributed by atoms with E-state index in [1.165, 1.54) is 29.5 Å². The van der Waals surface area contributed by atoms with E-state index in [4.69, 9.17) is 0 Å². The van der Waals surface area contributed by atoms with E-state index in [9.17, 15) is 18.0 Å². The molecule has 2 aromatic carbocycles. The Labute approximate surface area is 216 Å². The Morgan fingerprint density at radius 3 is 2.59 bits per heavy atom.